The van der Waals surface area contributed by atoms with Gasteiger partial charge in [-0.1, -0.05) is 6.92 Å². The van der Waals surface area contributed by atoms with Crippen LogP contribution in [0.15, 0.2) is 24.3 Å². The molecule has 1 aliphatic heterocycles. The fourth-order valence-electron chi connectivity index (χ4n) is 2.86. The molecule has 1 aliphatic rings. The third kappa shape index (κ3) is 5.27. The van der Waals surface area contributed by atoms with Crippen LogP contribution in [-0.2, 0) is 9.59 Å². The van der Waals surface area contributed by atoms with Crippen molar-refractivity contribution in [3.05, 3.63) is 35.6 Å². The lowest BCUT2D eigenvalue weighted by atomic mass is 10.2. The quantitative estimate of drug-likeness (QED) is 0.732. The third-order valence-electron chi connectivity index (χ3n) is 4.22. The SMILES string of the molecule is CCC(=O)N1CCC[C@@H]1C(=O)NCCCNC(=O)c1ccc(F)cc1. The number of hydrogen-bond donors (Lipinski definition) is 2. The molecule has 2 rings (SSSR count). The molecule has 2 N–H and O–H groups in total. The van der Waals surface area contributed by atoms with Crippen molar-refractivity contribution < 1.29 is 18.8 Å². The standard InChI is InChI=1S/C18H24FN3O3/c1-2-16(23)22-12-3-5-15(22)18(25)21-11-4-10-20-17(24)13-6-8-14(19)9-7-13/h6-9,15H,2-5,10-12H2,1H3,(H,20,24)(H,21,25)/t15-/m1/s1. The second kappa shape index (κ2) is 9.15. The van der Waals surface area contributed by atoms with Crippen LogP contribution in [0.4, 0.5) is 4.39 Å². The highest BCUT2D eigenvalue weighted by Crippen LogP contribution is 2.18. The Labute approximate surface area is 146 Å². The second-order valence-corrected chi connectivity index (χ2v) is 6.01. The highest BCUT2D eigenvalue weighted by molar-refractivity contribution is 5.94. The Morgan fingerprint density at radius 3 is 2.52 bits per heavy atom. The molecule has 0 bridgehead atoms. The van der Waals surface area contributed by atoms with Gasteiger partial charge in [-0.15, -0.1) is 0 Å². The zero-order valence-electron chi connectivity index (χ0n) is 14.4. The summed E-state index contributed by atoms with van der Waals surface area (Å²) < 4.78 is 12.8. The summed E-state index contributed by atoms with van der Waals surface area (Å²) in [6.45, 7) is 3.25. The fraction of sp³-hybridized carbons (Fsp3) is 0.500. The number of benzene rings is 1. The first-order valence-electron chi connectivity index (χ1n) is 8.64. The number of hydrogen-bond acceptors (Lipinski definition) is 3. The Bertz CT molecular complexity index is 618. The minimum Gasteiger partial charge on any atom is -0.354 e. The van der Waals surface area contributed by atoms with Crippen LogP contribution in [0.25, 0.3) is 0 Å². The first-order valence-corrected chi connectivity index (χ1v) is 8.64. The van der Waals surface area contributed by atoms with Gasteiger partial charge in [-0.2, -0.15) is 0 Å². The van der Waals surface area contributed by atoms with Crippen molar-refractivity contribution in [1.82, 2.24) is 15.5 Å². The van der Waals surface area contributed by atoms with Gasteiger partial charge in [0.15, 0.2) is 0 Å². The van der Waals surface area contributed by atoms with Gasteiger partial charge in [0, 0.05) is 31.6 Å². The van der Waals surface area contributed by atoms with Crippen molar-refractivity contribution >= 4 is 17.7 Å². The van der Waals surface area contributed by atoms with Gasteiger partial charge < -0.3 is 15.5 Å². The van der Waals surface area contributed by atoms with Gasteiger partial charge in [0.1, 0.15) is 11.9 Å². The van der Waals surface area contributed by atoms with E-state index in [0.717, 1.165) is 6.42 Å². The van der Waals surface area contributed by atoms with Crippen molar-refractivity contribution in [3.8, 4) is 0 Å². The zero-order valence-corrected chi connectivity index (χ0v) is 14.4. The summed E-state index contributed by atoms with van der Waals surface area (Å²) in [6, 6.07) is 4.94. The normalized spacial score (nSPS) is 16.6. The molecule has 0 radical (unpaired) electrons. The van der Waals surface area contributed by atoms with Gasteiger partial charge in [-0.3, -0.25) is 14.4 Å². The van der Waals surface area contributed by atoms with Crippen LogP contribution < -0.4 is 10.6 Å². The summed E-state index contributed by atoms with van der Waals surface area (Å²) in [5.74, 6) is -0.794. The average Bonchev–Trinajstić information content (AvgIpc) is 3.10. The van der Waals surface area contributed by atoms with Crippen molar-refractivity contribution in [3.63, 3.8) is 0 Å². The number of halogens is 1. The molecule has 136 valence electrons. The second-order valence-electron chi connectivity index (χ2n) is 6.01. The van der Waals surface area contributed by atoms with Gasteiger partial charge >= 0.3 is 0 Å². The van der Waals surface area contributed by atoms with E-state index in [0.29, 0.717) is 44.5 Å². The largest absolute Gasteiger partial charge is 0.354 e. The van der Waals surface area contributed by atoms with Crippen LogP contribution in [0.3, 0.4) is 0 Å². The molecule has 0 spiro atoms. The molecule has 0 aromatic heterocycles. The van der Waals surface area contributed by atoms with E-state index in [1.165, 1.54) is 24.3 Å². The fourth-order valence-corrected chi connectivity index (χ4v) is 2.86. The molecule has 1 aromatic carbocycles. The molecule has 0 aliphatic carbocycles. The maximum Gasteiger partial charge on any atom is 0.251 e. The summed E-state index contributed by atoms with van der Waals surface area (Å²) in [5, 5.41) is 5.54. The molecule has 7 heteroatoms. The molecule has 1 saturated heterocycles. The Kier molecular flexibility index (Phi) is 6.91. The van der Waals surface area contributed by atoms with Gasteiger partial charge in [-0.05, 0) is 43.5 Å². The Morgan fingerprint density at radius 2 is 1.84 bits per heavy atom. The van der Waals surface area contributed by atoms with E-state index < -0.39 is 0 Å². The van der Waals surface area contributed by atoms with Crippen molar-refractivity contribution in [2.24, 2.45) is 0 Å². The number of carbonyl (C=O) groups is 3. The summed E-state index contributed by atoms with van der Waals surface area (Å²) in [6.07, 6.45) is 2.52. The van der Waals surface area contributed by atoms with E-state index in [4.69, 9.17) is 0 Å². The highest BCUT2D eigenvalue weighted by atomic mass is 19.1. The van der Waals surface area contributed by atoms with E-state index in [1.54, 1.807) is 11.8 Å². The van der Waals surface area contributed by atoms with Gasteiger partial charge in [0.25, 0.3) is 5.91 Å². The number of likely N-dealkylation sites (tertiary alicyclic amines) is 1. The molecule has 0 saturated carbocycles. The van der Waals surface area contributed by atoms with E-state index in [9.17, 15) is 18.8 Å². The lowest BCUT2D eigenvalue weighted by molar-refractivity contribution is -0.138. The molecule has 0 unspecified atom stereocenters. The minimum atomic E-state index is -0.387. The maximum absolute atomic E-state index is 12.8. The Balaban J connectivity index is 1.67. The first-order chi connectivity index (χ1) is 12.0. The molecule has 1 fully saturated rings. The Hall–Kier alpha value is -2.44. The van der Waals surface area contributed by atoms with Crippen LogP contribution in [0.5, 0.6) is 0 Å². The monoisotopic (exact) mass is 349 g/mol. The number of nitrogens with one attached hydrogen (secondary N) is 2. The number of nitrogens with zero attached hydrogens (tertiary/aromatic N) is 1. The molecule has 6 nitrogen and oxygen atoms in total. The predicted molar refractivity (Wildman–Crippen MR) is 91.4 cm³/mol. The first kappa shape index (κ1) is 18.9. The molecular formula is C18H24FN3O3. The van der Waals surface area contributed by atoms with Crippen LogP contribution in [-0.4, -0.2) is 48.3 Å². The van der Waals surface area contributed by atoms with Gasteiger partial charge in [-0.25, -0.2) is 4.39 Å². The van der Waals surface area contributed by atoms with E-state index in [2.05, 4.69) is 10.6 Å². The summed E-state index contributed by atoms with van der Waals surface area (Å²) in [4.78, 5) is 37.5. The van der Waals surface area contributed by atoms with Gasteiger partial charge in [0.2, 0.25) is 11.8 Å². The molecule has 1 aromatic rings. The van der Waals surface area contributed by atoms with Crippen molar-refractivity contribution in [1.29, 1.82) is 0 Å². The molecule has 3 amide bonds. The summed E-state index contributed by atoms with van der Waals surface area (Å²) in [7, 11) is 0. The molecule has 1 heterocycles. The predicted octanol–water partition coefficient (Wildman–Crippen LogP) is 1.46. The molecule has 1 atom stereocenters. The van der Waals surface area contributed by atoms with Crippen LogP contribution in [0, 0.1) is 5.82 Å². The van der Waals surface area contributed by atoms with E-state index in [-0.39, 0.29) is 29.6 Å². The molecular weight excluding hydrogens is 325 g/mol. The smallest absolute Gasteiger partial charge is 0.251 e. The minimum absolute atomic E-state index is 0.00390. The number of amides is 3. The van der Waals surface area contributed by atoms with Crippen LogP contribution in [0.2, 0.25) is 0 Å². The lowest BCUT2D eigenvalue weighted by Gasteiger charge is -2.23. The van der Waals surface area contributed by atoms with Crippen LogP contribution in [0.1, 0.15) is 43.0 Å². The molecule has 25 heavy (non-hydrogen) atoms. The van der Waals surface area contributed by atoms with Gasteiger partial charge in [0.05, 0.1) is 0 Å². The van der Waals surface area contributed by atoms with E-state index >= 15 is 0 Å². The highest BCUT2D eigenvalue weighted by Gasteiger charge is 2.32. The summed E-state index contributed by atoms with van der Waals surface area (Å²) in [5.41, 5.74) is 0.394. The number of rotatable bonds is 7. The van der Waals surface area contributed by atoms with Crippen molar-refractivity contribution in [2.75, 3.05) is 19.6 Å². The third-order valence-corrected chi connectivity index (χ3v) is 4.22. The van der Waals surface area contributed by atoms with E-state index in [1.807, 2.05) is 0 Å². The average molecular weight is 349 g/mol. The number of carbonyl (C=O) groups excluding carboxylic acids is 3. The zero-order chi connectivity index (χ0) is 18.2. The van der Waals surface area contributed by atoms with Crippen molar-refractivity contribution in [2.45, 2.75) is 38.6 Å². The topological polar surface area (TPSA) is 78.5 Å². The Morgan fingerprint density at radius 1 is 1.16 bits per heavy atom. The van der Waals surface area contributed by atoms with Crippen LogP contribution >= 0.6 is 0 Å². The maximum atomic E-state index is 12.8. The summed E-state index contributed by atoms with van der Waals surface area (Å²) >= 11 is 0. The lowest BCUT2D eigenvalue weighted by Crippen LogP contribution is -2.46.